The minimum atomic E-state index is -0.313. The number of likely N-dealkylation sites (tertiary alicyclic amines) is 1. The Morgan fingerprint density at radius 1 is 1.40 bits per heavy atom. The van der Waals surface area contributed by atoms with E-state index in [1.54, 1.807) is 24.3 Å². The van der Waals surface area contributed by atoms with E-state index in [4.69, 9.17) is 0 Å². The molecule has 1 N–H and O–H groups in total. The standard InChI is InChI=1S/C17H18N6O2/c1-17(2)8-23(14(17)10-5-4-6-18-7-10)16(25)12-11-13(22(3)21-12)15(24)20-9-19-11/h4-7,9,14H,8H2,1-3H3,(H,19,20,24). The maximum Gasteiger partial charge on any atom is 0.277 e. The summed E-state index contributed by atoms with van der Waals surface area (Å²) < 4.78 is 1.40. The number of aromatic nitrogens is 5. The molecule has 3 aromatic heterocycles. The summed E-state index contributed by atoms with van der Waals surface area (Å²) in [6.07, 6.45) is 4.79. The summed E-state index contributed by atoms with van der Waals surface area (Å²) in [6.45, 7) is 4.84. The summed E-state index contributed by atoms with van der Waals surface area (Å²) in [5, 5.41) is 4.26. The van der Waals surface area contributed by atoms with Crippen molar-refractivity contribution in [2.45, 2.75) is 19.9 Å². The summed E-state index contributed by atoms with van der Waals surface area (Å²) >= 11 is 0. The van der Waals surface area contributed by atoms with Crippen LogP contribution in [0.1, 0.15) is 35.9 Å². The van der Waals surface area contributed by atoms with Gasteiger partial charge < -0.3 is 9.88 Å². The quantitative estimate of drug-likeness (QED) is 0.759. The number of carbonyl (C=O) groups excluding carboxylic acids is 1. The highest BCUT2D eigenvalue weighted by Crippen LogP contribution is 2.48. The van der Waals surface area contributed by atoms with Crippen molar-refractivity contribution in [2.75, 3.05) is 6.54 Å². The Kier molecular flexibility index (Phi) is 3.24. The molecule has 25 heavy (non-hydrogen) atoms. The molecule has 4 heterocycles. The number of hydrogen-bond donors (Lipinski definition) is 1. The minimum absolute atomic E-state index is 0.0613. The third-order valence-electron chi connectivity index (χ3n) is 4.72. The summed E-state index contributed by atoms with van der Waals surface area (Å²) in [7, 11) is 1.63. The molecular weight excluding hydrogens is 320 g/mol. The van der Waals surface area contributed by atoms with Gasteiger partial charge in [0.1, 0.15) is 5.52 Å². The van der Waals surface area contributed by atoms with Gasteiger partial charge in [0.25, 0.3) is 11.5 Å². The highest BCUT2D eigenvalue weighted by Gasteiger charge is 2.50. The van der Waals surface area contributed by atoms with Gasteiger partial charge in [0.05, 0.1) is 12.4 Å². The number of amides is 1. The Hall–Kier alpha value is -3.03. The van der Waals surface area contributed by atoms with Gasteiger partial charge in [0.15, 0.2) is 11.2 Å². The fraction of sp³-hybridized carbons (Fsp3) is 0.353. The van der Waals surface area contributed by atoms with Crippen LogP contribution in [-0.2, 0) is 7.05 Å². The molecule has 1 atom stereocenters. The van der Waals surface area contributed by atoms with E-state index in [0.29, 0.717) is 17.6 Å². The van der Waals surface area contributed by atoms with Crippen molar-refractivity contribution >= 4 is 16.9 Å². The first kappa shape index (κ1) is 15.5. The number of nitrogens with zero attached hydrogens (tertiary/aromatic N) is 5. The molecular formula is C17H18N6O2. The Balaban J connectivity index is 1.77. The molecule has 1 fully saturated rings. The second kappa shape index (κ2) is 5.23. The lowest BCUT2D eigenvalue weighted by atomic mass is 9.72. The number of rotatable bonds is 2. The number of carbonyl (C=O) groups is 1. The third kappa shape index (κ3) is 2.25. The molecule has 1 aliphatic heterocycles. The molecule has 1 amide bonds. The summed E-state index contributed by atoms with van der Waals surface area (Å²) in [6, 6.07) is 3.75. The normalized spacial score (nSPS) is 19.0. The van der Waals surface area contributed by atoms with Crippen LogP contribution in [0.15, 0.2) is 35.6 Å². The van der Waals surface area contributed by atoms with Crippen LogP contribution >= 0.6 is 0 Å². The van der Waals surface area contributed by atoms with Crippen molar-refractivity contribution in [2.24, 2.45) is 12.5 Å². The number of fused-ring (bicyclic) bond motifs is 1. The zero-order valence-electron chi connectivity index (χ0n) is 14.2. The highest BCUT2D eigenvalue weighted by atomic mass is 16.2. The number of aryl methyl sites for hydroxylation is 1. The van der Waals surface area contributed by atoms with Crippen molar-refractivity contribution < 1.29 is 4.79 Å². The Morgan fingerprint density at radius 3 is 2.88 bits per heavy atom. The fourth-order valence-corrected chi connectivity index (χ4v) is 3.68. The number of pyridine rings is 1. The number of H-pyrrole nitrogens is 1. The van der Waals surface area contributed by atoms with E-state index in [-0.39, 0.29) is 28.6 Å². The topological polar surface area (TPSA) is 96.8 Å². The lowest BCUT2D eigenvalue weighted by Crippen LogP contribution is -2.58. The van der Waals surface area contributed by atoms with Gasteiger partial charge in [-0.2, -0.15) is 5.10 Å². The van der Waals surface area contributed by atoms with Gasteiger partial charge in [-0.05, 0) is 11.6 Å². The van der Waals surface area contributed by atoms with Crippen LogP contribution < -0.4 is 5.56 Å². The molecule has 0 saturated carbocycles. The molecule has 0 radical (unpaired) electrons. The predicted molar refractivity (Wildman–Crippen MR) is 90.9 cm³/mol. The van der Waals surface area contributed by atoms with Gasteiger partial charge in [-0.3, -0.25) is 19.3 Å². The maximum atomic E-state index is 13.1. The summed E-state index contributed by atoms with van der Waals surface area (Å²) in [5.74, 6) is -0.225. The molecule has 8 heteroatoms. The van der Waals surface area contributed by atoms with Gasteiger partial charge in [-0.15, -0.1) is 0 Å². The number of nitrogens with one attached hydrogen (secondary N) is 1. The van der Waals surface area contributed by atoms with E-state index in [0.717, 1.165) is 5.56 Å². The van der Waals surface area contributed by atoms with Crippen LogP contribution in [-0.4, -0.2) is 42.1 Å². The third-order valence-corrected chi connectivity index (χ3v) is 4.72. The average molecular weight is 338 g/mol. The van der Waals surface area contributed by atoms with Gasteiger partial charge >= 0.3 is 0 Å². The first-order valence-corrected chi connectivity index (χ1v) is 8.01. The number of aromatic amines is 1. The van der Waals surface area contributed by atoms with E-state index < -0.39 is 0 Å². The van der Waals surface area contributed by atoms with Gasteiger partial charge in [-0.25, -0.2) is 4.98 Å². The molecule has 1 unspecified atom stereocenters. The van der Waals surface area contributed by atoms with Crippen molar-refractivity contribution in [3.05, 3.63) is 52.5 Å². The monoisotopic (exact) mass is 338 g/mol. The summed E-state index contributed by atoms with van der Waals surface area (Å²) in [5.41, 5.74) is 1.43. The zero-order chi connectivity index (χ0) is 17.8. The lowest BCUT2D eigenvalue weighted by molar-refractivity contribution is -0.0327. The van der Waals surface area contributed by atoms with Crippen LogP contribution in [0.5, 0.6) is 0 Å². The second-order valence-electron chi connectivity index (χ2n) is 7.01. The van der Waals surface area contributed by atoms with E-state index >= 15 is 0 Å². The van der Waals surface area contributed by atoms with Crippen molar-refractivity contribution in [1.29, 1.82) is 0 Å². The molecule has 0 spiro atoms. The molecule has 0 bridgehead atoms. The number of hydrogen-bond acceptors (Lipinski definition) is 5. The highest BCUT2D eigenvalue weighted by molar-refractivity contribution is 6.03. The molecule has 128 valence electrons. The van der Waals surface area contributed by atoms with Crippen LogP contribution in [0.2, 0.25) is 0 Å². The van der Waals surface area contributed by atoms with Gasteiger partial charge in [0.2, 0.25) is 0 Å². The van der Waals surface area contributed by atoms with Gasteiger partial charge in [-0.1, -0.05) is 19.9 Å². The van der Waals surface area contributed by atoms with E-state index in [1.807, 2.05) is 12.1 Å². The molecule has 8 nitrogen and oxygen atoms in total. The molecule has 1 aliphatic rings. The maximum absolute atomic E-state index is 13.1. The van der Waals surface area contributed by atoms with E-state index in [2.05, 4.69) is 33.9 Å². The Morgan fingerprint density at radius 2 is 2.20 bits per heavy atom. The van der Waals surface area contributed by atoms with Crippen LogP contribution in [0.3, 0.4) is 0 Å². The second-order valence-corrected chi connectivity index (χ2v) is 7.01. The first-order valence-electron chi connectivity index (χ1n) is 8.01. The average Bonchev–Trinajstić information content (AvgIpc) is 2.91. The molecule has 3 aromatic rings. The fourth-order valence-electron chi connectivity index (χ4n) is 3.68. The largest absolute Gasteiger partial charge is 0.329 e. The van der Waals surface area contributed by atoms with Gasteiger partial charge in [0, 0.05) is 31.4 Å². The van der Waals surface area contributed by atoms with Crippen molar-refractivity contribution in [1.82, 2.24) is 29.6 Å². The first-order chi connectivity index (χ1) is 11.9. The molecule has 0 aliphatic carbocycles. The van der Waals surface area contributed by atoms with Crippen molar-refractivity contribution in [3.63, 3.8) is 0 Å². The lowest BCUT2D eigenvalue weighted by Gasteiger charge is -2.54. The smallest absolute Gasteiger partial charge is 0.277 e. The van der Waals surface area contributed by atoms with E-state index in [9.17, 15) is 9.59 Å². The molecule has 1 saturated heterocycles. The Bertz CT molecular complexity index is 1020. The Labute approximate surface area is 143 Å². The van der Waals surface area contributed by atoms with Crippen LogP contribution in [0.4, 0.5) is 0 Å². The predicted octanol–water partition coefficient (Wildman–Crippen LogP) is 1.27. The van der Waals surface area contributed by atoms with Crippen molar-refractivity contribution in [3.8, 4) is 0 Å². The molecule has 0 aromatic carbocycles. The van der Waals surface area contributed by atoms with Crippen LogP contribution in [0, 0.1) is 5.41 Å². The van der Waals surface area contributed by atoms with E-state index in [1.165, 1.54) is 11.0 Å². The van der Waals surface area contributed by atoms with Crippen LogP contribution in [0.25, 0.3) is 11.0 Å². The summed E-state index contributed by atoms with van der Waals surface area (Å²) in [4.78, 5) is 37.7. The SMILES string of the molecule is Cn1nc(C(=O)N2CC(C)(C)C2c2cccnc2)c2nc[nH]c(=O)c21. The molecule has 4 rings (SSSR count). The minimum Gasteiger partial charge on any atom is -0.329 e. The zero-order valence-corrected chi connectivity index (χ0v) is 14.2.